The summed E-state index contributed by atoms with van der Waals surface area (Å²) >= 11 is 0. The molecule has 0 spiro atoms. The molecule has 0 aliphatic carbocycles. The molecule has 0 aliphatic heterocycles. The summed E-state index contributed by atoms with van der Waals surface area (Å²) in [5.74, 6) is 0. The first-order valence-corrected chi connectivity index (χ1v) is 20.4. The summed E-state index contributed by atoms with van der Waals surface area (Å²) in [5.41, 5.74) is 13.1. The topological polar surface area (TPSA) is 14.8 Å². The molecular formula is C56H35N3. The number of hydrogen-bond acceptors (Lipinski definition) is 0. The van der Waals surface area contributed by atoms with Gasteiger partial charge in [-0.2, -0.15) is 0 Å². The standard InChI is InChI=1S/C56H35N3/c1-2-14-38(15-3-1)58-50-23-11-8-18-43(50)45-32-26-37(35-54(45)58)36-27-33-53-49(34-36)44-19-9-12-24-51(44)57(53)39-28-30-40(31-29-39)59-52-25-13-10-22-48(52)55-46-20-6-4-16-41(46)42-17-5-7-21-47(42)56(55)59/h1-35H. The van der Waals surface area contributed by atoms with Crippen LogP contribution in [0.2, 0.25) is 0 Å². The summed E-state index contributed by atoms with van der Waals surface area (Å²) in [5, 5.41) is 12.7. The van der Waals surface area contributed by atoms with Gasteiger partial charge in [-0.15, -0.1) is 0 Å². The van der Waals surface area contributed by atoms with Crippen molar-refractivity contribution in [2.75, 3.05) is 0 Å². The Morgan fingerprint density at radius 1 is 0.220 bits per heavy atom. The lowest BCUT2D eigenvalue weighted by Crippen LogP contribution is -1.97. The molecule has 59 heavy (non-hydrogen) atoms. The third kappa shape index (κ3) is 4.58. The minimum atomic E-state index is 1.14. The zero-order valence-corrected chi connectivity index (χ0v) is 32.0. The molecule has 0 N–H and O–H groups in total. The van der Waals surface area contributed by atoms with E-state index in [-0.39, 0.29) is 0 Å². The van der Waals surface area contributed by atoms with Gasteiger partial charge >= 0.3 is 0 Å². The molecule has 13 aromatic rings. The Kier molecular flexibility index (Phi) is 6.72. The zero-order chi connectivity index (χ0) is 38.6. The SMILES string of the molecule is c1ccc(-n2c3ccccc3c3ccc(-c4ccc5c(c4)c4ccccc4n5-c4ccc(-n5c6ccccc6c6c7ccccc7c7ccccc7c65)cc4)cc32)cc1. The van der Waals surface area contributed by atoms with E-state index in [1.165, 1.54) is 104 Å². The first-order valence-electron chi connectivity index (χ1n) is 20.4. The summed E-state index contributed by atoms with van der Waals surface area (Å²) in [4.78, 5) is 0. The highest BCUT2D eigenvalue weighted by molar-refractivity contribution is 6.32. The van der Waals surface area contributed by atoms with Crippen molar-refractivity contribution in [2.45, 2.75) is 0 Å². The maximum Gasteiger partial charge on any atom is 0.0625 e. The molecule has 0 fully saturated rings. The number of benzene rings is 10. The predicted octanol–water partition coefficient (Wildman–Crippen LogP) is 15.0. The summed E-state index contributed by atoms with van der Waals surface area (Å²) < 4.78 is 7.28. The van der Waals surface area contributed by atoms with Gasteiger partial charge in [0.25, 0.3) is 0 Å². The maximum absolute atomic E-state index is 2.47. The first-order chi connectivity index (χ1) is 29.3. The van der Waals surface area contributed by atoms with Gasteiger partial charge in [-0.05, 0) is 100 Å². The van der Waals surface area contributed by atoms with Gasteiger partial charge in [0.1, 0.15) is 0 Å². The fraction of sp³-hybridized carbons (Fsp3) is 0. The van der Waals surface area contributed by atoms with Crippen LogP contribution in [0.25, 0.3) is 115 Å². The molecule has 0 unspecified atom stereocenters. The highest BCUT2D eigenvalue weighted by atomic mass is 15.0. The number of aromatic nitrogens is 3. The first kappa shape index (κ1) is 32.2. The smallest absolute Gasteiger partial charge is 0.0625 e. The van der Waals surface area contributed by atoms with Crippen molar-refractivity contribution in [3.8, 4) is 28.2 Å². The van der Waals surface area contributed by atoms with Crippen LogP contribution in [-0.4, -0.2) is 13.7 Å². The molecule has 0 saturated carbocycles. The van der Waals surface area contributed by atoms with Crippen molar-refractivity contribution in [3.05, 3.63) is 212 Å². The number of fused-ring (bicyclic) bond motifs is 14. The molecule has 10 aromatic carbocycles. The number of rotatable bonds is 4. The van der Waals surface area contributed by atoms with Crippen LogP contribution in [0.3, 0.4) is 0 Å². The van der Waals surface area contributed by atoms with Gasteiger partial charge in [-0.1, -0.05) is 140 Å². The lowest BCUT2D eigenvalue weighted by atomic mass is 9.97. The summed E-state index contributed by atoms with van der Waals surface area (Å²) in [7, 11) is 0. The van der Waals surface area contributed by atoms with Gasteiger partial charge in [0.2, 0.25) is 0 Å². The Bertz CT molecular complexity index is 3820. The van der Waals surface area contributed by atoms with Crippen molar-refractivity contribution < 1.29 is 0 Å². The average molecular weight is 750 g/mol. The second-order valence-electron chi connectivity index (χ2n) is 15.7. The minimum absolute atomic E-state index is 1.14. The van der Waals surface area contributed by atoms with E-state index in [0.29, 0.717) is 0 Å². The highest BCUT2D eigenvalue weighted by Crippen LogP contribution is 2.43. The number of para-hydroxylation sites is 4. The van der Waals surface area contributed by atoms with Crippen LogP contribution in [-0.2, 0) is 0 Å². The van der Waals surface area contributed by atoms with Crippen molar-refractivity contribution in [1.82, 2.24) is 13.7 Å². The van der Waals surface area contributed by atoms with Crippen LogP contribution >= 0.6 is 0 Å². The molecule has 3 heterocycles. The van der Waals surface area contributed by atoms with Gasteiger partial charge in [-0.3, -0.25) is 0 Å². The molecule has 13 rings (SSSR count). The maximum atomic E-state index is 2.47. The van der Waals surface area contributed by atoms with Gasteiger partial charge in [0, 0.05) is 54.8 Å². The van der Waals surface area contributed by atoms with E-state index in [2.05, 4.69) is 226 Å². The van der Waals surface area contributed by atoms with E-state index >= 15 is 0 Å². The Morgan fingerprint density at radius 2 is 0.644 bits per heavy atom. The molecule has 274 valence electrons. The van der Waals surface area contributed by atoms with E-state index in [1.54, 1.807) is 0 Å². The van der Waals surface area contributed by atoms with Gasteiger partial charge < -0.3 is 13.7 Å². The van der Waals surface area contributed by atoms with Crippen LogP contribution in [0.1, 0.15) is 0 Å². The van der Waals surface area contributed by atoms with Crippen LogP contribution in [0, 0.1) is 0 Å². The normalized spacial score (nSPS) is 12.1. The monoisotopic (exact) mass is 749 g/mol. The van der Waals surface area contributed by atoms with E-state index in [4.69, 9.17) is 0 Å². The van der Waals surface area contributed by atoms with Gasteiger partial charge in [0.05, 0.1) is 33.1 Å². The van der Waals surface area contributed by atoms with E-state index < -0.39 is 0 Å². The molecule has 0 bridgehead atoms. The molecule has 0 aliphatic rings. The predicted molar refractivity (Wildman–Crippen MR) is 250 cm³/mol. The molecule has 0 saturated heterocycles. The summed E-state index contributed by atoms with van der Waals surface area (Å²) in [6.07, 6.45) is 0. The molecule has 0 atom stereocenters. The van der Waals surface area contributed by atoms with Crippen molar-refractivity contribution in [2.24, 2.45) is 0 Å². The van der Waals surface area contributed by atoms with Crippen molar-refractivity contribution in [1.29, 1.82) is 0 Å². The molecular weight excluding hydrogens is 715 g/mol. The van der Waals surface area contributed by atoms with Crippen molar-refractivity contribution in [3.63, 3.8) is 0 Å². The summed E-state index contributed by atoms with van der Waals surface area (Å²) in [6, 6.07) is 77.9. The van der Waals surface area contributed by atoms with Crippen LogP contribution in [0.4, 0.5) is 0 Å². The molecule has 3 aromatic heterocycles. The second-order valence-corrected chi connectivity index (χ2v) is 15.7. The Hall–Kier alpha value is -7.88. The average Bonchev–Trinajstić information content (AvgIpc) is 3.95. The van der Waals surface area contributed by atoms with E-state index in [1.807, 2.05) is 0 Å². The quantitative estimate of drug-likeness (QED) is 0.159. The van der Waals surface area contributed by atoms with Crippen LogP contribution in [0.5, 0.6) is 0 Å². The van der Waals surface area contributed by atoms with Crippen molar-refractivity contribution >= 4 is 87.0 Å². The van der Waals surface area contributed by atoms with Crippen LogP contribution in [0.15, 0.2) is 212 Å². The lowest BCUT2D eigenvalue weighted by molar-refractivity contribution is 1.15. The largest absolute Gasteiger partial charge is 0.309 e. The third-order valence-corrected chi connectivity index (χ3v) is 12.6. The minimum Gasteiger partial charge on any atom is -0.309 e. The Balaban J connectivity index is 0.978. The second kappa shape index (κ2) is 12.3. The summed E-state index contributed by atoms with van der Waals surface area (Å²) in [6.45, 7) is 0. The van der Waals surface area contributed by atoms with Crippen LogP contribution < -0.4 is 0 Å². The fourth-order valence-electron chi connectivity index (χ4n) is 10.1. The third-order valence-electron chi connectivity index (χ3n) is 12.6. The van der Waals surface area contributed by atoms with E-state index in [0.717, 1.165) is 11.4 Å². The number of hydrogen-bond donors (Lipinski definition) is 0. The molecule has 3 nitrogen and oxygen atoms in total. The highest BCUT2D eigenvalue weighted by Gasteiger charge is 2.20. The van der Waals surface area contributed by atoms with E-state index in [9.17, 15) is 0 Å². The fourth-order valence-corrected chi connectivity index (χ4v) is 10.1. The molecule has 3 heteroatoms. The van der Waals surface area contributed by atoms with Gasteiger partial charge in [0.15, 0.2) is 0 Å². The lowest BCUT2D eigenvalue weighted by Gasteiger charge is -2.14. The molecule has 0 radical (unpaired) electrons. The molecule has 0 amide bonds. The zero-order valence-electron chi connectivity index (χ0n) is 32.0. The number of nitrogens with zero attached hydrogens (tertiary/aromatic N) is 3. The Morgan fingerprint density at radius 3 is 1.34 bits per heavy atom. The Labute approximate surface area is 339 Å². The van der Waals surface area contributed by atoms with Gasteiger partial charge in [-0.25, -0.2) is 0 Å².